The lowest BCUT2D eigenvalue weighted by molar-refractivity contribution is -0.167. The molecule has 0 aromatic rings. The summed E-state index contributed by atoms with van der Waals surface area (Å²) in [7, 11) is 0. The van der Waals surface area contributed by atoms with Gasteiger partial charge in [-0.25, -0.2) is 0 Å². The van der Waals surface area contributed by atoms with Gasteiger partial charge in [0.05, 0.1) is 0 Å². The number of rotatable bonds is 59. The van der Waals surface area contributed by atoms with Crippen LogP contribution in [0.5, 0.6) is 0 Å². The Bertz CT molecular complexity index is 1510. The first-order chi connectivity index (χ1) is 38.0. The summed E-state index contributed by atoms with van der Waals surface area (Å²) in [5.41, 5.74) is 0. The zero-order valence-corrected chi connectivity index (χ0v) is 50.7. The molecule has 1 unspecified atom stereocenters. The fourth-order valence-corrected chi connectivity index (χ4v) is 9.18. The fraction of sp³-hybridized carbons (Fsp3) is 0.732. The second kappa shape index (κ2) is 64.9. The van der Waals surface area contributed by atoms with Crippen molar-refractivity contribution in [3.8, 4) is 0 Å². The molecule has 0 aliphatic carbocycles. The maximum Gasteiger partial charge on any atom is 0.306 e. The van der Waals surface area contributed by atoms with Gasteiger partial charge in [-0.15, -0.1) is 0 Å². The van der Waals surface area contributed by atoms with Crippen LogP contribution in [0.4, 0.5) is 0 Å². The van der Waals surface area contributed by atoms with Crippen molar-refractivity contribution in [1.82, 2.24) is 0 Å². The third-order valence-electron chi connectivity index (χ3n) is 14.1. The average Bonchev–Trinajstić information content (AvgIpc) is 3.43. The molecule has 1 atom stereocenters. The molecule has 0 aromatic carbocycles. The Morgan fingerprint density at radius 2 is 0.532 bits per heavy atom. The highest BCUT2D eigenvalue weighted by Gasteiger charge is 2.19. The van der Waals surface area contributed by atoms with Crippen LogP contribution in [0.15, 0.2) is 97.2 Å². The van der Waals surface area contributed by atoms with Gasteiger partial charge in [-0.1, -0.05) is 304 Å². The zero-order chi connectivity index (χ0) is 55.7. The summed E-state index contributed by atoms with van der Waals surface area (Å²) in [6.07, 6.45) is 87.2. The normalized spacial score (nSPS) is 12.7. The maximum atomic E-state index is 12.9. The predicted octanol–water partition coefficient (Wildman–Crippen LogP) is 22.4. The van der Waals surface area contributed by atoms with Gasteiger partial charge in [-0.3, -0.25) is 14.4 Å². The van der Waals surface area contributed by atoms with E-state index in [-0.39, 0.29) is 37.5 Å². The van der Waals surface area contributed by atoms with Crippen LogP contribution in [0.3, 0.4) is 0 Å². The Hall–Kier alpha value is -3.67. The van der Waals surface area contributed by atoms with Crippen molar-refractivity contribution in [2.24, 2.45) is 0 Å². The van der Waals surface area contributed by atoms with E-state index >= 15 is 0 Å². The Labute approximate surface area is 477 Å². The van der Waals surface area contributed by atoms with E-state index in [4.69, 9.17) is 14.2 Å². The van der Waals surface area contributed by atoms with Crippen LogP contribution >= 0.6 is 0 Å². The SMILES string of the molecule is CC/C=C\C/C=C\C/C=C\C/C=C\C/C=C\C/C=C\C/C=C\CCCC(=O)OC(COC(=O)CCCCCCC/C=C\CCCC)COC(=O)CCCCCCCCCCCCCCCCCCCCCCCCCCC. The highest BCUT2D eigenvalue weighted by molar-refractivity contribution is 5.71. The summed E-state index contributed by atoms with van der Waals surface area (Å²) in [5, 5.41) is 0. The molecule has 442 valence electrons. The predicted molar refractivity (Wildman–Crippen MR) is 334 cm³/mol. The summed E-state index contributed by atoms with van der Waals surface area (Å²) in [6.45, 7) is 6.47. The fourth-order valence-electron chi connectivity index (χ4n) is 9.18. The van der Waals surface area contributed by atoms with Crippen LogP contribution in [0.2, 0.25) is 0 Å². The topological polar surface area (TPSA) is 78.9 Å². The van der Waals surface area contributed by atoms with E-state index < -0.39 is 6.10 Å². The van der Waals surface area contributed by atoms with Crippen LogP contribution in [0.1, 0.15) is 316 Å². The molecule has 77 heavy (non-hydrogen) atoms. The summed E-state index contributed by atoms with van der Waals surface area (Å²) in [4.78, 5) is 38.2. The Kier molecular flexibility index (Phi) is 61.8. The molecule has 0 radical (unpaired) electrons. The zero-order valence-electron chi connectivity index (χ0n) is 50.7. The van der Waals surface area contributed by atoms with E-state index in [1.54, 1.807) is 0 Å². The van der Waals surface area contributed by atoms with Crippen LogP contribution in [-0.2, 0) is 28.6 Å². The minimum atomic E-state index is -0.812. The standard InChI is InChI=1S/C71H122O6/c1-4-7-10-13-16-19-22-24-26-28-30-32-34-35-37-38-40-42-44-46-49-52-55-58-61-64-70(73)76-67-68(66-75-69(72)63-60-57-54-51-48-21-18-15-12-9-6-3)77-71(74)65-62-59-56-53-50-47-45-43-41-39-36-33-31-29-27-25-23-20-17-14-11-8-5-2/h8,11,15,17-18,20,25,27,31,33,39,41,45,47,53,56,68H,4-7,9-10,12-14,16,19,21-24,26,28-30,32,34-38,40,42-44,46,48-52,54-55,57-67H2,1-3H3/b11-8-,18-15-,20-17-,27-25-,33-31-,41-39-,47-45-,56-53-. The molecule has 0 aliphatic rings. The van der Waals surface area contributed by atoms with Gasteiger partial charge in [-0.05, 0) is 89.9 Å². The molecular weight excluding hydrogens is 949 g/mol. The average molecular weight is 1070 g/mol. The summed E-state index contributed by atoms with van der Waals surface area (Å²) in [5.74, 6) is -0.962. The number of hydrogen-bond acceptors (Lipinski definition) is 6. The minimum absolute atomic E-state index is 0.101. The largest absolute Gasteiger partial charge is 0.462 e. The van der Waals surface area contributed by atoms with Crippen molar-refractivity contribution in [1.29, 1.82) is 0 Å². The molecule has 0 aromatic heterocycles. The van der Waals surface area contributed by atoms with Crippen molar-refractivity contribution in [2.45, 2.75) is 322 Å². The lowest BCUT2D eigenvalue weighted by Gasteiger charge is -2.18. The molecule has 0 spiro atoms. The van der Waals surface area contributed by atoms with E-state index in [1.807, 2.05) is 0 Å². The van der Waals surface area contributed by atoms with Gasteiger partial charge in [0.1, 0.15) is 13.2 Å². The molecule has 0 fully saturated rings. The lowest BCUT2D eigenvalue weighted by Crippen LogP contribution is -2.30. The number of esters is 3. The van der Waals surface area contributed by atoms with Crippen molar-refractivity contribution in [2.75, 3.05) is 13.2 Å². The molecule has 6 heteroatoms. The Morgan fingerprint density at radius 3 is 0.883 bits per heavy atom. The quantitative estimate of drug-likeness (QED) is 0.0261. The number of carbonyl (C=O) groups is 3. The van der Waals surface area contributed by atoms with Gasteiger partial charge in [0, 0.05) is 19.3 Å². The van der Waals surface area contributed by atoms with Crippen LogP contribution in [0.25, 0.3) is 0 Å². The van der Waals surface area contributed by atoms with Crippen molar-refractivity contribution >= 4 is 17.9 Å². The highest BCUT2D eigenvalue weighted by Crippen LogP contribution is 2.17. The summed E-state index contributed by atoms with van der Waals surface area (Å²) < 4.78 is 16.9. The van der Waals surface area contributed by atoms with Crippen molar-refractivity contribution < 1.29 is 28.6 Å². The number of carbonyl (C=O) groups excluding carboxylic acids is 3. The number of unbranched alkanes of at least 4 members (excludes halogenated alkanes) is 32. The maximum absolute atomic E-state index is 12.9. The molecule has 0 N–H and O–H groups in total. The van der Waals surface area contributed by atoms with Crippen molar-refractivity contribution in [3.05, 3.63) is 97.2 Å². The van der Waals surface area contributed by atoms with E-state index in [1.165, 1.54) is 167 Å². The van der Waals surface area contributed by atoms with Crippen LogP contribution < -0.4 is 0 Å². The van der Waals surface area contributed by atoms with E-state index in [0.29, 0.717) is 19.3 Å². The summed E-state index contributed by atoms with van der Waals surface area (Å²) in [6, 6.07) is 0. The minimum Gasteiger partial charge on any atom is -0.462 e. The molecular formula is C71H122O6. The van der Waals surface area contributed by atoms with Gasteiger partial charge in [-0.2, -0.15) is 0 Å². The van der Waals surface area contributed by atoms with Crippen LogP contribution in [-0.4, -0.2) is 37.2 Å². The lowest BCUT2D eigenvalue weighted by atomic mass is 10.0. The highest BCUT2D eigenvalue weighted by atomic mass is 16.6. The first-order valence-corrected chi connectivity index (χ1v) is 32.7. The third kappa shape index (κ3) is 63.0. The van der Waals surface area contributed by atoms with E-state index in [0.717, 1.165) is 103 Å². The number of hydrogen-bond donors (Lipinski definition) is 0. The van der Waals surface area contributed by atoms with Gasteiger partial charge >= 0.3 is 17.9 Å². The number of allylic oxidation sites excluding steroid dienone is 16. The van der Waals surface area contributed by atoms with Crippen LogP contribution in [0, 0.1) is 0 Å². The molecule has 0 aliphatic heterocycles. The molecule has 0 amide bonds. The van der Waals surface area contributed by atoms with Gasteiger partial charge in [0.2, 0.25) is 0 Å². The van der Waals surface area contributed by atoms with E-state index in [9.17, 15) is 14.4 Å². The monoisotopic (exact) mass is 1070 g/mol. The molecule has 0 saturated heterocycles. The molecule has 6 nitrogen and oxygen atoms in total. The Morgan fingerprint density at radius 1 is 0.273 bits per heavy atom. The second-order valence-corrected chi connectivity index (χ2v) is 21.6. The second-order valence-electron chi connectivity index (χ2n) is 21.6. The first-order valence-electron chi connectivity index (χ1n) is 32.7. The molecule has 0 heterocycles. The van der Waals surface area contributed by atoms with Gasteiger partial charge in [0.15, 0.2) is 6.10 Å². The van der Waals surface area contributed by atoms with Crippen molar-refractivity contribution in [3.63, 3.8) is 0 Å². The molecule has 0 rings (SSSR count). The molecule has 0 bridgehead atoms. The first kappa shape index (κ1) is 73.3. The van der Waals surface area contributed by atoms with Gasteiger partial charge in [0.25, 0.3) is 0 Å². The Balaban J connectivity index is 4.34. The van der Waals surface area contributed by atoms with E-state index in [2.05, 4.69) is 118 Å². The number of ether oxygens (including phenoxy) is 3. The van der Waals surface area contributed by atoms with Gasteiger partial charge < -0.3 is 14.2 Å². The summed E-state index contributed by atoms with van der Waals surface area (Å²) >= 11 is 0. The third-order valence-corrected chi connectivity index (χ3v) is 14.1. The smallest absolute Gasteiger partial charge is 0.306 e. The molecule has 0 saturated carbocycles.